The van der Waals surface area contributed by atoms with Gasteiger partial charge in [0.2, 0.25) is 0 Å². The number of anilines is 1. The Morgan fingerprint density at radius 2 is 2.25 bits per heavy atom. The molecule has 0 spiro atoms. The second-order valence-electron chi connectivity index (χ2n) is 5.26. The molecule has 0 amide bonds. The molecular weight excluding hydrogens is 266 g/mol. The molecule has 2 N–H and O–H groups in total. The number of hydrogen-bond donors (Lipinski definition) is 1. The summed E-state index contributed by atoms with van der Waals surface area (Å²) >= 11 is 1.79. The van der Waals surface area contributed by atoms with Crippen molar-refractivity contribution in [3.8, 4) is 0 Å². The summed E-state index contributed by atoms with van der Waals surface area (Å²) in [6, 6.07) is 6.66. The first-order valence-corrected chi connectivity index (χ1v) is 7.96. The molecule has 108 valence electrons. The quantitative estimate of drug-likeness (QED) is 0.886. The number of aryl methyl sites for hydroxylation is 1. The van der Waals surface area contributed by atoms with Crippen LogP contribution in [0.4, 0.5) is 5.82 Å². The standard InChI is InChI=1S/C16H23N3S/c1-4-19(11-15-6-5-7-20-15)16-12(2)8-14(10-18-16)9-13(3)17/h5-8,10,13H,4,9,11,17H2,1-3H3. The van der Waals surface area contributed by atoms with Gasteiger partial charge in [0.05, 0.1) is 6.54 Å². The maximum absolute atomic E-state index is 5.85. The first-order chi connectivity index (χ1) is 9.60. The average molecular weight is 289 g/mol. The molecule has 0 aliphatic heterocycles. The topological polar surface area (TPSA) is 42.2 Å². The van der Waals surface area contributed by atoms with E-state index in [0.717, 1.165) is 25.3 Å². The second-order valence-corrected chi connectivity index (χ2v) is 6.29. The van der Waals surface area contributed by atoms with Crippen molar-refractivity contribution >= 4 is 17.2 Å². The van der Waals surface area contributed by atoms with Crippen molar-refractivity contribution in [2.75, 3.05) is 11.4 Å². The summed E-state index contributed by atoms with van der Waals surface area (Å²) in [7, 11) is 0. The third-order valence-corrected chi connectivity index (χ3v) is 4.13. The summed E-state index contributed by atoms with van der Waals surface area (Å²) in [5, 5.41) is 2.12. The third kappa shape index (κ3) is 3.81. The zero-order valence-corrected chi connectivity index (χ0v) is 13.3. The zero-order valence-electron chi connectivity index (χ0n) is 12.5. The Labute approximate surface area is 125 Å². The van der Waals surface area contributed by atoms with Crippen LogP contribution < -0.4 is 10.6 Å². The number of aromatic nitrogens is 1. The fraction of sp³-hybridized carbons (Fsp3) is 0.438. The van der Waals surface area contributed by atoms with E-state index in [4.69, 9.17) is 5.73 Å². The van der Waals surface area contributed by atoms with E-state index in [-0.39, 0.29) is 6.04 Å². The van der Waals surface area contributed by atoms with E-state index in [1.165, 1.54) is 16.0 Å². The van der Waals surface area contributed by atoms with Crippen LogP contribution in [-0.4, -0.2) is 17.6 Å². The summed E-state index contributed by atoms with van der Waals surface area (Å²) in [6.07, 6.45) is 2.84. The Hall–Kier alpha value is -1.39. The highest BCUT2D eigenvalue weighted by Crippen LogP contribution is 2.22. The molecule has 2 rings (SSSR count). The maximum Gasteiger partial charge on any atom is 0.131 e. The lowest BCUT2D eigenvalue weighted by molar-refractivity contribution is 0.733. The largest absolute Gasteiger partial charge is 0.352 e. The van der Waals surface area contributed by atoms with Crippen molar-refractivity contribution in [2.24, 2.45) is 5.73 Å². The van der Waals surface area contributed by atoms with E-state index in [2.05, 4.69) is 47.3 Å². The molecule has 0 saturated heterocycles. The lowest BCUT2D eigenvalue weighted by Crippen LogP contribution is -2.24. The van der Waals surface area contributed by atoms with E-state index < -0.39 is 0 Å². The smallest absolute Gasteiger partial charge is 0.131 e. The van der Waals surface area contributed by atoms with E-state index in [1.807, 2.05) is 13.1 Å². The Morgan fingerprint density at radius 1 is 1.45 bits per heavy atom. The van der Waals surface area contributed by atoms with Gasteiger partial charge in [-0.2, -0.15) is 0 Å². The van der Waals surface area contributed by atoms with Crippen molar-refractivity contribution in [3.05, 3.63) is 45.8 Å². The van der Waals surface area contributed by atoms with Gasteiger partial charge in [-0.05, 0) is 49.8 Å². The van der Waals surface area contributed by atoms with Crippen LogP contribution in [-0.2, 0) is 13.0 Å². The van der Waals surface area contributed by atoms with E-state index in [1.54, 1.807) is 11.3 Å². The Kier molecular flexibility index (Phi) is 5.15. The van der Waals surface area contributed by atoms with Gasteiger partial charge in [-0.1, -0.05) is 12.1 Å². The van der Waals surface area contributed by atoms with Gasteiger partial charge in [0, 0.05) is 23.7 Å². The molecule has 20 heavy (non-hydrogen) atoms. The first kappa shape index (κ1) is 15.0. The first-order valence-electron chi connectivity index (χ1n) is 7.08. The molecule has 0 bridgehead atoms. The van der Waals surface area contributed by atoms with Crippen LogP contribution in [0, 0.1) is 6.92 Å². The van der Waals surface area contributed by atoms with Crippen LogP contribution in [0.25, 0.3) is 0 Å². The molecule has 2 aromatic rings. The minimum Gasteiger partial charge on any atom is -0.352 e. The number of thiophene rings is 1. The SMILES string of the molecule is CCN(Cc1cccs1)c1ncc(CC(C)N)cc1C. The number of hydrogen-bond acceptors (Lipinski definition) is 4. The predicted octanol–water partition coefficient (Wildman–Crippen LogP) is 3.37. The van der Waals surface area contributed by atoms with E-state index >= 15 is 0 Å². The van der Waals surface area contributed by atoms with Gasteiger partial charge in [0.1, 0.15) is 5.82 Å². The average Bonchev–Trinajstić information content (AvgIpc) is 2.89. The van der Waals surface area contributed by atoms with Crippen LogP contribution in [0.3, 0.4) is 0 Å². The molecule has 0 aromatic carbocycles. The Bertz CT molecular complexity index is 535. The van der Waals surface area contributed by atoms with E-state index in [9.17, 15) is 0 Å². The van der Waals surface area contributed by atoms with Crippen LogP contribution in [0.2, 0.25) is 0 Å². The molecule has 1 atom stereocenters. The van der Waals surface area contributed by atoms with Crippen LogP contribution in [0.5, 0.6) is 0 Å². The minimum absolute atomic E-state index is 0.176. The Morgan fingerprint density at radius 3 is 2.80 bits per heavy atom. The molecule has 3 nitrogen and oxygen atoms in total. The lowest BCUT2D eigenvalue weighted by atomic mass is 10.1. The van der Waals surface area contributed by atoms with Gasteiger partial charge in [0.25, 0.3) is 0 Å². The highest BCUT2D eigenvalue weighted by molar-refractivity contribution is 7.09. The predicted molar refractivity (Wildman–Crippen MR) is 87.4 cm³/mol. The number of rotatable bonds is 6. The van der Waals surface area contributed by atoms with Crippen molar-refractivity contribution in [2.45, 2.75) is 39.8 Å². The molecule has 1 unspecified atom stereocenters. The maximum atomic E-state index is 5.85. The van der Waals surface area contributed by atoms with Gasteiger partial charge in [-0.3, -0.25) is 0 Å². The fourth-order valence-corrected chi connectivity index (χ4v) is 3.09. The van der Waals surface area contributed by atoms with Crippen LogP contribution in [0.1, 0.15) is 29.9 Å². The highest BCUT2D eigenvalue weighted by atomic mass is 32.1. The molecule has 2 aromatic heterocycles. The molecular formula is C16H23N3S. The van der Waals surface area contributed by atoms with Crippen molar-refractivity contribution in [3.63, 3.8) is 0 Å². The second kappa shape index (κ2) is 6.86. The Balaban J connectivity index is 2.17. The van der Waals surface area contributed by atoms with Gasteiger partial charge in [-0.15, -0.1) is 11.3 Å². The van der Waals surface area contributed by atoms with E-state index in [0.29, 0.717) is 0 Å². The van der Waals surface area contributed by atoms with Gasteiger partial charge >= 0.3 is 0 Å². The summed E-state index contributed by atoms with van der Waals surface area (Å²) in [4.78, 5) is 8.34. The van der Waals surface area contributed by atoms with Crippen molar-refractivity contribution < 1.29 is 0 Å². The zero-order chi connectivity index (χ0) is 14.5. The molecule has 0 aliphatic carbocycles. The third-order valence-electron chi connectivity index (χ3n) is 3.27. The minimum atomic E-state index is 0.176. The summed E-state index contributed by atoms with van der Waals surface area (Å²) in [5.74, 6) is 1.08. The number of pyridine rings is 1. The highest BCUT2D eigenvalue weighted by Gasteiger charge is 2.11. The summed E-state index contributed by atoms with van der Waals surface area (Å²) < 4.78 is 0. The van der Waals surface area contributed by atoms with Crippen LogP contribution >= 0.6 is 11.3 Å². The number of nitrogens with two attached hydrogens (primary N) is 1. The molecule has 4 heteroatoms. The fourth-order valence-electron chi connectivity index (χ4n) is 2.37. The summed E-state index contributed by atoms with van der Waals surface area (Å²) in [5.41, 5.74) is 8.29. The number of nitrogens with zero attached hydrogens (tertiary/aromatic N) is 2. The monoisotopic (exact) mass is 289 g/mol. The molecule has 0 radical (unpaired) electrons. The summed E-state index contributed by atoms with van der Waals surface area (Å²) in [6.45, 7) is 8.21. The van der Waals surface area contributed by atoms with Crippen molar-refractivity contribution in [1.82, 2.24) is 4.98 Å². The van der Waals surface area contributed by atoms with Gasteiger partial charge in [-0.25, -0.2) is 4.98 Å². The molecule has 2 heterocycles. The van der Waals surface area contributed by atoms with Crippen LogP contribution in [0.15, 0.2) is 29.8 Å². The molecule has 0 saturated carbocycles. The van der Waals surface area contributed by atoms with Crippen molar-refractivity contribution in [1.29, 1.82) is 0 Å². The molecule has 0 aliphatic rings. The van der Waals surface area contributed by atoms with Gasteiger partial charge in [0.15, 0.2) is 0 Å². The normalized spacial score (nSPS) is 12.4. The van der Waals surface area contributed by atoms with Gasteiger partial charge < -0.3 is 10.6 Å². The molecule has 0 fully saturated rings. The lowest BCUT2D eigenvalue weighted by Gasteiger charge is -2.23.